The van der Waals surface area contributed by atoms with Gasteiger partial charge in [0, 0.05) is 17.2 Å². The highest BCUT2D eigenvalue weighted by molar-refractivity contribution is 6.30. The predicted molar refractivity (Wildman–Crippen MR) is 103 cm³/mol. The number of hydrogen-bond donors (Lipinski definition) is 1. The molecule has 0 aromatic heterocycles. The molecule has 7 heteroatoms. The first-order valence-electron chi connectivity index (χ1n) is 8.61. The molecule has 5 nitrogen and oxygen atoms in total. The van der Waals surface area contributed by atoms with Gasteiger partial charge in [-0.1, -0.05) is 47.5 Å². The Morgan fingerprint density at radius 3 is 2.04 bits per heavy atom. The minimum atomic E-state index is -0.897. The van der Waals surface area contributed by atoms with E-state index in [0.717, 1.165) is 11.1 Å². The summed E-state index contributed by atoms with van der Waals surface area (Å²) in [5.74, 6) is 0. The molecule has 0 spiro atoms. The molecule has 0 bridgehead atoms. The van der Waals surface area contributed by atoms with Gasteiger partial charge in [-0.3, -0.25) is 0 Å². The van der Waals surface area contributed by atoms with Gasteiger partial charge in [0.15, 0.2) is 6.29 Å². The van der Waals surface area contributed by atoms with Crippen LogP contribution in [0.3, 0.4) is 0 Å². The lowest BCUT2D eigenvalue weighted by Crippen LogP contribution is -2.37. The average molecular weight is 413 g/mol. The van der Waals surface area contributed by atoms with Crippen molar-refractivity contribution in [1.29, 1.82) is 0 Å². The summed E-state index contributed by atoms with van der Waals surface area (Å²) in [6.07, 6.45) is -2.64. The van der Waals surface area contributed by atoms with Gasteiger partial charge in [-0.05, 0) is 35.4 Å². The molecule has 27 heavy (non-hydrogen) atoms. The number of methoxy groups -OCH3 is 1. The lowest BCUT2D eigenvalue weighted by molar-refractivity contribution is -0.156. The first-order chi connectivity index (χ1) is 13.1. The second kappa shape index (κ2) is 9.85. The Hall–Kier alpha value is -1.18. The molecule has 0 radical (unpaired) electrons. The van der Waals surface area contributed by atoms with Gasteiger partial charge >= 0.3 is 0 Å². The fraction of sp³-hybridized carbons (Fsp3) is 0.400. The molecule has 1 N–H and O–H groups in total. The fourth-order valence-corrected chi connectivity index (χ4v) is 3.14. The van der Waals surface area contributed by atoms with E-state index in [9.17, 15) is 5.11 Å². The van der Waals surface area contributed by atoms with Gasteiger partial charge in [0.2, 0.25) is 0 Å². The Morgan fingerprint density at radius 2 is 1.48 bits per heavy atom. The van der Waals surface area contributed by atoms with Crippen LogP contribution >= 0.6 is 23.2 Å². The lowest BCUT2D eigenvalue weighted by Gasteiger charge is -2.21. The van der Waals surface area contributed by atoms with Crippen LogP contribution in [0, 0.1) is 0 Å². The van der Waals surface area contributed by atoms with Crippen LogP contribution in [0.25, 0.3) is 0 Å². The summed E-state index contributed by atoms with van der Waals surface area (Å²) in [4.78, 5) is 0. The largest absolute Gasteiger partial charge is 0.385 e. The van der Waals surface area contributed by atoms with Crippen molar-refractivity contribution < 1.29 is 24.1 Å². The summed E-state index contributed by atoms with van der Waals surface area (Å²) < 4.78 is 22.6. The van der Waals surface area contributed by atoms with Crippen LogP contribution in [0.1, 0.15) is 11.1 Å². The highest BCUT2D eigenvalue weighted by Gasteiger charge is 2.44. The van der Waals surface area contributed by atoms with Crippen LogP contribution in [0.5, 0.6) is 0 Å². The maximum absolute atomic E-state index is 10.4. The standard InChI is InChI=1S/C20H22Cl2O5/c1-24-20-18(23)19(26-11-14-4-8-16(22)9-5-14)17(27-20)12-25-10-13-2-6-15(21)7-3-13/h2-9,17-20,23H,10-12H2,1H3/t17-,18-,19-,20+/m1/s1. The quantitative estimate of drug-likeness (QED) is 0.713. The number of halogens is 2. The predicted octanol–water partition coefficient (Wildman–Crippen LogP) is 3.83. The summed E-state index contributed by atoms with van der Waals surface area (Å²) in [5.41, 5.74) is 1.95. The van der Waals surface area contributed by atoms with Crippen LogP contribution in [0.4, 0.5) is 0 Å². The number of aliphatic hydroxyl groups is 1. The lowest BCUT2D eigenvalue weighted by atomic mass is 10.1. The van der Waals surface area contributed by atoms with Crippen LogP contribution in [0.15, 0.2) is 48.5 Å². The molecule has 3 rings (SSSR count). The number of rotatable bonds is 8. The van der Waals surface area contributed by atoms with Crippen molar-refractivity contribution in [3.63, 3.8) is 0 Å². The molecule has 1 fully saturated rings. The number of ether oxygens (including phenoxy) is 4. The molecule has 2 aromatic rings. The minimum Gasteiger partial charge on any atom is -0.385 e. The van der Waals surface area contributed by atoms with E-state index in [4.69, 9.17) is 42.1 Å². The fourth-order valence-electron chi connectivity index (χ4n) is 2.89. The summed E-state index contributed by atoms with van der Waals surface area (Å²) >= 11 is 11.8. The molecule has 2 aromatic carbocycles. The van der Waals surface area contributed by atoms with Gasteiger partial charge in [-0.2, -0.15) is 0 Å². The maximum atomic E-state index is 10.4. The summed E-state index contributed by atoms with van der Waals surface area (Å²) in [6.45, 7) is 1.01. The van der Waals surface area contributed by atoms with Gasteiger partial charge in [-0.25, -0.2) is 0 Å². The normalized spacial score (nSPS) is 25.0. The first-order valence-corrected chi connectivity index (χ1v) is 9.37. The van der Waals surface area contributed by atoms with Crippen molar-refractivity contribution in [3.05, 3.63) is 69.7 Å². The van der Waals surface area contributed by atoms with E-state index in [-0.39, 0.29) is 6.61 Å². The first kappa shape index (κ1) is 20.6. The molecule has 4 atom stereocenters. The van der Waals surface area contributed by atoms with Crippen molar-refractivity contribution in [1.82, 2.24) is 0 Å². The van der Waals surface area contributed by atoms with Crippen LogP contribution in [-0.2, 0) is 32.2 Å². The third kappa shape index (κ3) is 5.65. The third-order valence-corrected chi connectivity index (χ3v) is 4.85. The van der Waals surface area contributed by atoms with E-state index in [1.807, 2.05) is 36.4 Å². The highest BCUT2D eigenvalue weighted by Crippen LogP contribution is 2.26. The molecule has 0 amide bonds. The topological polar surface area (TPSA) is 57.2 Å². The summed E-state index contributed by atoms with van der Waals surface area (Å²) in [7, 11) is 1.49. The SMILES string of the molecule is CO[C@H]1O[C@H](COCc2ccc(Cl)cc2)[C@@H](OCc2ccc(Cl)cc2)[C@H]1O. The van der Waals surface area contributed by atoms with E-state index < -0.39 is 24.6 Å². The van der Waals surface area contributed by atoms with Gasteiger partial charge in [0.25, 0.3) is 0 Å². The molecule has 1 heterocycles. The van der Waals surface area contributed by atoms with Crippen molar-refractivity contribution in [2.75, 3.05) is 13.7 Å². The zero-order valence-corrected chi connectivity index (χ0v) is 16.4. The number of benzene rings is 2. The summed E-state index contributed by atoms with van der Waals surface area (Å²) in [6, 6.07) is 14.8. The molecule has 1 aliphatic rings. The van der Waals surface area contributed by atoms with Gasteiger partial charge in [0.1, 0.15) is 18.3 Å². The third-order valence-electron chi connectivity index (χ3n) is 4.34. The van der Waals surface area contributed by atoms with Crippen LogP contribution < -0.4 is 0 Å². The van der Waals surface area contributed by atoms with E-state index in [2.05, 4.69) is 0 Å². The average Bonchev–Trinajstić information content (AvgIpc) is 2.98. The maximum Gasteiger partial charge on any atom is 0.186 e. The van der Waals surface area contributed by atoms with E-state index in [1.54, 1.807) is 12.1 Å². The second-order valence-electron chi connectivity index (χ2n) is 6.31. The van der Waals surface area contributed by atoms with Crippen molar-refractivity contribution in [2.24, 2.45) is 0 Å². The van der Waals surface area contributed by atoms with Gasteiger partial charge in [0.05, 0.1) is 19.8 Å². The molecule has 1 saturated heterocycles. The molecule has 0 unspecified atom stereocenters. The number of hydrogen-bond acceptors (Lipinski definition) is 5. The van der Waals surface area contributed by atoms with Gasteiger partial charge < -0.3 is 24.1 Å². The van der Waals surface area contributed by atoms with E-state index in [0.29, 0.717) is 23.3 Å². The monoisotopic (exact) mass is 412 g/mol. The molecular weight excluding hydrogens is 391 g/mol. The Labute approximate surface area is 168 Å². The second-order valence-corrected chi connectivity index (χ2v) is 7.19. The van der Waals surface area contributed by atoms with Gasteiger partial charge in [-0.15, -0.1) is 0 Å². The highest BCUT2D eigenvalue weighted by atomic mass is 35.5. The van der Waals surface area contributed by atoms with Crippen LogP contribution in [-0.4, -0.2) is 43.4 Å². The zero-order chi connectivity index (χ0) is 19.2. The van der Waals surface area contributed by atoms with E-state index >= 15 is 0 Å². The van der Waals surface area contributed by atoms with Crippen molar-refractivity contribution >= 4 is 23.2 Å². The molecule has 146 valence electrons. The molecule has 0 aliphatic carbocycles. The number of aliphatic hydroxyl groups excluding tert-OH is 1. The Bertz CT molecular complexity index is 707. The minimum absolute atomic E-state index is 0.269. The van der Waals surface area contributed by atoms with E-state index in [1.165, 1.54) is 7.11 Å². The Kier molecular flexibility index (Phi) is 7.49. The van der Waals surface area contributed by atoms with Crippen molar-refractivity contribution in [3.8, 4) is 0 Å². The summed E-state index contributed by atoms with van der Waals surface area (Å²) in [5, 5.41) is 11.8. The Balaban J connectivity index is 1.55. The molecule has 1 aliphatic heterocycles. The van der Waals surface area contributed by atoms with Crippen molar-refractivity contribution in [2.45, 2.75) is 37.8 Å². The van der Waals surface area contributed by atoms with Crippen LogP contribution in [0.2, 0.25) is 10.0 Å². The molecule has 0 saturated carbocycles. The Morgan fingerprint density at radius 1 is 0.926 bits per heavy atom. The zero-order valence-electron chi connectivity index (χ0n) is 14.9. The smallest absolute Gasteiger partial charge is 0.186 e. The molecular formula is C20H22Cl2O5.